The minimum atomic E-state index is 0.404. The Balaban J connectivity index is 1.65. The number of fused-ring (bicyclic) bond motifs is 1. The van der Waals surface area contributed by atoms with Crippen LogP contribution in [0.5, 0.6) is 16.7 Å². The number of nitrogens with zero attached hydrogens (tertiary/aromatic N) is 4. The number of pyridine rings is 1. The van der Waals surface area contributed by atoms with Crippen LogP contribution < -0.4 is 9.47 Å². The summed E-state index contributed by atoms with van der Waals surface area (Å²) in [4.78, 5) is 20.3. The molecule has 0 aliphatic heterocycles. The van der Waals surface area contributed by atoms with Crippen molar-refractivity contribution < 1.29 is 14.3 Å². The van der Waals surface area contributed by atoms with Gasteiger partial charge in [0.2, 0.25) is 4.96 Å². The number of rotatable bonds is 5. The Morgan fingerprint density at radius 2 is 2.16 bits per heavy atom. The van der Waals surface area contributed by atoms with Crippen LogP contribution in [0.4, 0.5) is 0 Å². The zero-order chi connectivity index (χ0) is 17.2. The summed E-state index contributed by atoms with van der Waals surface area (Å²) < 4.78 is 12.7. The second-order valence-corrected chi connectivity index (χ2v) is 6.01. The topological polar surface area (TPSA) is 78.6 Å². The summed E-state index contributed by atoms with van der Waals surface area (Å²) in [5.41, 5.74) is 2.21. The lowest BCUT2D eigenvalue weighted by atomic mass is 10.2. The molecule has 1 aromatic carbocycles. The number of aromatic nitrogens is 4. The van der Waals surface area contributed by atoms with E-state index >= 15 is 0 Å². The standard InChI is InChI=1S/C17H12N4O3S/c1-23-14-5-4-11(10-22)7-15(14)24-17-20-21-9-13(19-16(21)25-17)12-3-2-6-18-8-12/h2-10H,1H3. The minimum absolute atomic E-state index is 0.404. The lowest BCUT2D eigenvalue weighted by molar-refractivity contribution is 0.112. The summed E-state index contributed by atoms with van der Waals surface area (Å²) in [6.45, 7) is 0. The molecule has 4 rings (SSSR count). The number of carbonyl (C=O) groups excluding carboxylic acids is 1. The average molecular weight is 352 g/mol. The largest absolute Gasteiger partial charge is 0.493 e. The highest BCUT2D eigenvalue weighted by atomic mass is 32.1. The molecule has 0 saturated carbocycles. The first-order valence-corrected chi connectivity index (χ1v) is 8.16. The molecule has 0 N–H and O–H groups in total. The third-order valence-electron chi connectivity index (χ3n) is 3.50. The monoisotopic (exact) mass is 352 g/mol. The van der Waals surface area contributed by atoms with Crippen LogP contribution in [0.25, 0.3) is 16.2 Å². The Morgan fingerprint density at radius 1 is 1.24 bits per heavy atom. The summed E-state index contributed by atoms with van der Waals surface area (Å²) >= 11 is 1.29. The molecule has 3 aromatic heterocycles. The van der Waals surface area contributed by atoms with Crippen molar-refractivity contribution in [1.29, 1.82) is 0 Å². The van der Waals surface area contributed by atoms with Gasteiger partial charge in [0.15, 0.2) is 11.5 Å². The smallest absolute Gasteiger partial charge is 0.300 e. The molecule has 0 aliphatic carbocycles. The predicted octanol–water partition coefficient (Wildman–Crippen LogP) is 3.47. The first-order valence-electron chi connectivity index (χ1n) is 7.34. The van der Waals surface area contributed by atoms with Crippen molar-refractivity contribution in [3.63, 3.8) is 0 Å². The highest BCUT2D eigenvalue weighted by molar-refractivity contribution is 7.18. The van der Waals surface area contributed by atoms with Crippen LogP contribution in [0, 0.1) is 0 Å². The third-order valence-corrected chi connectivity index (χ3v) is 4.30. The van der Waals surface area contributed by atoms with E-state index in [1.807, 2.05) is 18.3 Å². The maximum atomic E-state index is 11.0. The molecule has 0 bridgehead atoms. The summed E-state index contributed by atoms with van der Waals surface area (Å²) in [7, 11) is 1.54. The van der Waals surface area contributed by atoms with Gasteiger partial charge in [-0.2, -0.15) is 0 Å². The number of hydrogen-bond donors (Lipinski definition) is 0. The van der Waals surface area contributed by atoms with Gasteiger partial charge < -0.3 is 9.47 Å². The molecule has 8 heteroatoms. The predicted molar refractivity (Wildman–Crippen MR) is 92.6 cm³/mol. The van der Waals surface area contributed by atoms with E-state index in [0.717, 1.165) is 17.5 Å². The van der Waals surface area contributed by atoms with Gasteiger partial charge in [-0.3, -0.25) is 9.78 Å². The maximum absolute atomic E-state index is 11.0. The van der Waals surface area contributed by atoms with Crippen molar-refractivity contribution in [2.24, 2.45) is 0 Å². The van der Waals surface area contributed by atoms with Crippen LogP contribution in [0.3, 0.4) is 0 Å². The van der Waals surface area contributed by atoms with E-state index in [1.165, 1.54) is 18.4 Å². The number of carbonyl (C=O) groups is 1. The van der Waals surface area contributed by atoms with E-state index in [4.69, 9.17) is 9.47 Å². The Hall–Kier alpha value is -3.26. The van der Waals surface area contributed by atoms with E-state index in [0.29, 0.717) is 27.2 Å². The van der Waals surface area contributed by atoms with Gasteiger partial charge in [0.05, 0.1) is 19.0 Å². The molecule has 124 valence electrons. The number of methoxy groups -OCH3 is 1. The van der Waals surface area contributed by atoms with Crippen molar-refractivity contribution in [2.75, 3.05) is 7.11 Å². The first-order chi connectivity index (χ1) is 12.3. The molecule has 0 atom stereocenters. The van der Waals surface area contributed by atoms with Gasteiger partial charge in [-0.25, -0.2) is 9.50 Å². The van der Waals surface area contributed by atoms with E-state index in [2.05, 4.69) is 15.1 Å². The molecule has 0 spiro atoms. The number of aldehydes is 1. The summed E-state index contributed by atoms with van der Waals surface area (Å²) in [6, 6.07) is 8.74. The zero-order valence-corrected chi connectivity index (χ0v) is 13.9. The van der Waals surface area contributed by atoms with E-state index < -0.39 is 0 Å². The average Bonchev–Trinajstić information content (AvgIpc) is 3.21. The molecular formula is C17H12N4O3S. The Kier molecular flexibility index (Phi) is 3.87. The number of imidazole rings is 1. The SMILES string of the molecule is COc1ccc(C=O)cc1Oc1nn2cc(-c3cccnc3)nc2s1. The fourth-order valence-corrected chi connectivity index (χ4v) is 3.06. The van der Waals surface area contributed by atoms with Gasteiger partial charge in [-0.05, 0) is 41.7 Å². The van der Waals surface area contributed by atoms with Crippen molar-refractivity contribution in [3.8, 4) is 28.0 Å². The second kappa shape index (κ2) is 6.33. The van der Waals surface area contributed by atoms with Crippen LogP contribution in [0.15, 0.2) is 48.9 Å². The van der Waals surface area contributed by atoms with Crippen molar-refractivity contribution in [2.45, 2.75) is 0 Å². The van der Waals surface area contributed by atoms with Crippen molar-refractivity contribution >= 4 is 22.6 Å². The van der Waals surface area contributed by atoms with Crippen LogP contribution in [0.1, 0.15) is 10.4 Å². The van der Waals surface area contributed by atoms with Gasteiger partial charge in [0.1, 0.15) is 6.29 Å². The summed E-state index contributed by atoms with van der Waals surface area (Å²) in [6.07, 6.45) is 6.03. The van der Waals surface area contributed by atoms with Gasteiger partial charge in [-0.1, -0.05) is 0 Å². The number of ether oxygens (including phenoxy) is 2. The number of benzene rings is 1. The highest BCUT2D eigenvalue weighted by Crippen LogP contribution is 2.34. The Bertz CT molecular complexity index is 1010. The minimum Gasteiger partial charge on any atom is -0.493 e. The second-order valence-electron chi connectivity index (χ2n) is 5.09. The molecule has 4 aromatic rings. The molecule has 7 nitrogen and oxygen atoms in total. The van der Waals surface area contributed by atoms with E-state index in [9.17, 15) is 4.79 Å². The van der Waals surface area contributed by atoms with Crippen LogP contribution in [0.2, 0.25) is 0 Å². The normalized spacial score (nSPS) is 10.8. The van der Waals surface area contributed by atoms with E-state index in [-0.39, 0.29) is 0 Å². The molecule has 0 aliphatic rings. The molecule has 0 unspecified atom stereocenters. The van der Waals surface area contributed by atoms with Crippen LogP contribution in [-0.2, 0) is 0 Å². The zero-order valence-electron chi connectivity index (χ0n) is 13.1. The fraction of sp³-hybridized carbons (Fsp3) is 0.0588. The molecule has 25 heavy (non-hydrogen) atoms. The summed E-state index contributed by atoms with van der Waals surface area (Å²) in [5, 5.41) is 4.78. The Labute approximate surface area is 146 Å². The Morgan fingerprint density at radius 3 is 2.88 bits per heavy atom. The molecule has 0 saturated heterocycles. The van der Waals surface area contributed by atoms with Gasteiger partial charge in [-0.15, -0.1) is 5.10 Å². The third kappa shape index (κ3) is 2.94. The molecule has 0 radical (unpaired) electrons. The summed E-state index contributed by atoms with van der Waals surface area (Å²) in [5.74, 6) is 0.950. The molecule has 0 fully saturated rings. The maximum Gasteiger partial charge on any atom is 0.300 e. The quantitative estimate of drug-likeness (QED) is 0.512. The highest BCUT2D eigenvalue weighted by Gasteiger charge is 2.13. The van der Waals surface area contributed by atoms with Gasteiger partial charge in [0, 0.05) is 23.5 Å². The number of hydrogen-bond acceptors (Lipinski definition) is 7. The fourth-order valence-electron chi connectivity index (χ4n) is 2.32. The van der Waals surface area contributed by atoms with Gasteiger partial charge in [0.25, 0.3) is 5.19 Å². The lowest BCUT2D eigenvalue weighted by Crippen LogP contribution is -1.92. The molecular weight excluding hydrogens is 340 g/mol. The molecule has 3 heterocycles. The van der Waals surface area contributed by atoms with Crippen LogP contribution >= 0.6 is 11.3 Å². The lowest BCUT2D eigenvalue weighted by Gasteiger charge is -2.07. The molecule has 0 amide bonds. The van der Waals surface area contributed by atoms with Crippen LogP contribution in [-0.4, -0.2) is 33.0 Å². The first kappa shape index (κ1) is 15.3. The van der Waals surface area contributed by atoms with Crippen molar-refractivity contribution in [3.05, 3.63) is 54.5 Å². The van der Waals surface area contributed by atoms with Gasteiger partial charge >= 0.3 is 0 Å². The van der Waals surface area contributed by atoms with E-state index in [1.54, 1.807) is 35.1 Å². The van der Waals surface area contributed by atoms with Crippen molar-refractivity contribution in [1.82, 2.24) is 19.6 Å².